The molecule has 12 rings (SSSR count). The maximum Gasteiger partial charge on any atom is 0.0736 e. The first-order valence-electron chi connectivity index (χ1n) is 19.0. The molecule has 1 aliphatic rings. The molecule has 2 heterocycles. The number of nitrogens with zero attached hydrogens (tertiary/aromatic N) is 1. The lowest BCUT2D eigenvalue weighted by Gasteiger charge is -2.44. The van der Waals surface area contributed by atoms with E-state index in [1.54, 1.807) is 0 Å². The summed E-state index contributed by atoms with van der Waals surface area (Å²) in [5.41, 5.74) is 8.18. The molecule has 0 amide bonds. The predicted molar refractivity (Wildman–Crippen MR) is 233 cm³/mol. The van der Waals surface area contributed by atoms with Gasteiger partial charge < -0.3 is 4.57 Å². The van der Waals surface area contributed by atoms with Gasteiger partial charge in [-0.05, 0) is 89.6 Å². The summed E-state index contributed by atoms with van der Waals surface area (Å²) in [4.78, 5) is 2.66. The summed E-state index contributed by atoms with van der Waals surface area (Å²) < 4.78 is 2.42. The van der Waals surface area contributed by atoms with Crippen LogP contribution in [0.3, 0.4) is 0 Å². The molecule has 0 aliphatic carbocycles. The van der Waals surface area contributed by atoms with E-state index in [-0.39, 0.29) is 0 Å². The van der Waals surface area contributed by atoms with E-state index in [1.165, 1.54) is 96.9 Å². The molecule has 0 N–H and O–H groups in total. The molecule has 1 nitrogen and oxygen atoms in total. The molecule has 1 aliphatic heterocycles. The number of para-hydroxylation sites is 2. The standard InChI is InChI=1S/C53H33NS/c1-2-16-34(17-3-1)53(35-30-32-36(33-31-35)54-47-28-14-12-22-41(47)42-23-13-15-29-48(42)54)49-43-24-8-4-18-37(43)39-20-6-10-26-45(39)51(49)55-52-46-27-11-7-21-40(46)38-19-5-9-25-44(38)50(52)53/h1-33H. The summed E-state index contributed by atoms with van der Waals surface area (Å²) in [5.74, 6) is 0. The molecule has 0 saturated heterocycles. The van der Waals surface area contributed by atoms with Crippen molar-refractivity contribution in [3.63, 3.8) is 0 Å². The van der Waals surface area contributed by atoms with Gasteiger partial charge in [-0.1, -0.05) is 188 Å². The van der Waals surface area contributed by atoms with Gasteiger partial charge in [0.15, 0.2) is 0 Å². The van der Waals surface area contributed by atoms with Crippen LogP contribution in [0.4, 0.5) is 0 Å². The number of fused-ring (bicyclic) bond motifs is 15. The van der Waals surface area contributed by atoms with Crippen molar-refractivity contribution in [3.05, 3.63) is 222 Å². The molecule has 55 heavy (non-hydrogen) atoms. The van der Waals surface area contributed by atoms with Crippen LogP contribution in [0.2, 0.25) is 0 Å². The van der Waals surface area contributed by atoms with Crippen LogP contribution in [0.5, 0.6) is 0 Å². The van der Waals surface area contributed by atoms with Gasteiger partial charge in [-0.15, -0.1) is 0 Å². The molecule has 0 fully saturated rings. The maximum atomic E-state index is 2.42. The van der Waals surface area contributed by atoms with Crippen molar-refractivity contribution in [3.8, 4) is 5.69 Å². The Labute approximate surface area is 323 Å². The Morgan fingerprint density at radius 2 is 0.636 bits per heavy atom. The fraction of sp³-hybridized carbons (Fsp3) is 0.0189. The quantitative estimate of drug-likeness (QED) is 0.165. The Hall–Kier alpha value is -6.61. The highest BCUT2D eigenvalue weighted by atomic mass is 32.2. The van der Waals surface area contributed by atoms with Gasteiger partial charge >= 0.3 is 0 Å². The average molecular weight is 716 g/mol. The summed E-state index contributed by atoms with van der Waals surface area (Å²) in [6.07, 6.45) is 0. The summed E-state index contributed by atoms with van der Waals surface area (Å²) in [7, 11) is 0. The second-order valence-electron chi connectivity index (χ2n) is 14.7. The van der Waals surface area contributed by atoms with Crippen molar-refractivity contribution in [2.24, 2.45) is 0 Å². The lowest BCUT2D eigenvalue weighted by Crippen LogP contribution is -2.35. The van der Waals surface area contributed by atoms with Crippen LogP contribution < -0.4 is 0 Å². The topological polar surface area (TPSA) is 4.93 Å². The first-order valence-corrected chi connectivity index (χ1v) is 19.8. The SMILES string of the molecule is c1ccc(C2(c3ccc(-n4c5ccccc5c5ccccc54)cc3)c3c(c4ccccc4c4ccccc34)Sc3c2c2ccccc2c2ccccc32)cc1. The second-order valence-corrected chi connectivity index (χ2v) is 15.7. The molecule has 11 aromatic rings. The molecule has 10 aromatic carbocycles. The summed E-state index contributed by atoms with van der Waals surface area (Å²) in [6.45, 7) is 0. The number of hydrogen-bond acceptors (Lipinski definition) is 1. The molecule has 0 unspecified atom stereocenters. The number of aromatic nitrogens is 1. The number of hydrogen-bond donors (Lipinski definition) is 0. The van der Waals surface area contributed by atoms with Crippen molar-refractivity contribution in [1.82, 2.24) is 4.57 Å². The smallest absolute Gasteiger partial charge is 0.0736 e. The second kappa shape index (κ2) is 11.7. The normalized spacial score (nSPS) is 13.5. The minimum absolute atomic E-state index is 0.649. The van der Waals surface area contributed by atoms with Gasteiger partial charge in [0.05, 0.1) is 16.4 Å². The van der Waals surface area contributed by atoms with E-state index in [4.69, 9.17) is 0 Å². The Kier molecular flexibility index (Phi) is 6.55. The maximum absolute atomic E-state index is 2.42. The molecule has 256 valence electrons. The van der Waals surface area contributed by atoms with Crippen molar-refractivity contribution < 1.29 is 0 Å². The zero-order valence-corrected chi connectivity index (χ0v) is 30.7. The van der Waals surface area contributed by atoms with Crippen LogP contribution >= 0.6 is 11.8 Å². The van der Waals surface area contributed by atoms with Gasteiger partial charge in [0.25, 0.3) is 0 Å². The zero-order chi connectivity index (χ0) is 36.1. The molecule has 0 bridgehead atoms. The van der Waals surface area contributed by atoms with E-state index in [0.29, 0.717) is 0 Å². The summed E-state index contributed by atoms with van der Waals surface area (Å²) >= 11 is 1.96. The lowest BCUT2D eigenvalue weighted by molar-refractivity contribution is 0.723. The molecule has 0 spiro atoms. The predicted octanol–water partition coefficient (Wildman–Crippen LogP) is 14.2. The first kappa shape index (κ1) is 30.8. The van der Waals surface area contributed by atoms with E-state index in [2.05, 4.69) is 205 Å². The highest BCUT2D eigenvalue weighted by Crippen LogP contribution is 2.62. The molecular formula is C53H33NS. The van der Waals surface area contributed by atoms with E-state index in [1.807, 2.05) is 11.8 Å². The molecule has 2 heteroatoms. The minimum atomic E-state index is -0.649. The molecule has 1 aromatic heterocycles. The highest BCUT2D eigenvalue weighted by molar-refractivity contribution is 8.00. The van der Waals surface area contributed by atoms with Gasteiger partial charge in [0.1, 0.15) is 0 Å². The zero-order valence-electron chi connectivity index (χ0n) is 29.9. The molecule has 0 saturated carbocycles. The van der Waals surface area contributed by atoms with Gasteiger partial charge in [0.2, 0.25) is 0 Å². The van der Waals surface area contributed by atoms with Gasteiger partial charge in [-0.2, -0.15) is 0 Å². The van der Waals surface area contributed by atoms with Crippen LogP contribution in [-0.2, 0) is 5.41 Å². The Bertz CT molecular complexity index is 3160. The number of rotatable bonds is 3. The van der Waals surface area contributed by atoms with Crippen molar-refractivity contribution in [2.75, 3.05) is 0 Å². The van der Waals surface area contributed by atoms with E-state index in [9.17, 15) is 0 Å². The van der Waals surface area contributed by atoms with Crippen LogP contribution in [0.1, 0.15) is 22.3 Å². The third-order valence-electron chi connectivity index (χ3n) is 12.1. The van der Waals surface area contributed by atoms with Crippen molar-refractivity contribution in [2.45, 2.75) is 15.2 Å². The van der Waals surface area contributed by atoms with E-state index < -0.39 is 5.41 Å². The van der Waals surface area contributed by atoms with Crippen LogP contribution in [0.25, 0.3) is 70.6 Å². The van der Waals surface area contributed by atoms with Crippen LogP contribution in [-0.4, -0.2) is 4.57 Å². The minimum Gasteiger partial charge on any atom is -0.309 e. The Balaban J connectivity index is 1.28. The van der Waals surface area contributed by atoms with Gasteiger partial charge in [-0.25, -0.2) is 0 Å². The molecular weight excluding hydrogens is 683 g/mol. The van der Waals surface area contributed by atoms with Crippen molar-refractivity contribution in [1.29, 1.82) is 0 Å². The van der Waals surface area contributed by atoms with E-state index >= 15 is 0 Å². The highest BCUT2D eigenvalue weighted by Gasteiger charge is 2.48. The number of benzene rings is 10. The summed E-state index contributed by atoms with van der Waals surface area (Å²) in [5, 5.41) is 12.9. The third-order valence-corrected chi connectivity index (χ3v) is 13.3. The molecule has 0 radical (unpaired) electrons. The molecule has 0 atom stereocenters. The fourth-order valence-electron chi connectivity index (χ4n) is 9.89. The van der Waals surface area contributed by atoms with Gasteiger partial charge in [0, 0.05) is 26.3 Å². The van der Waals surface area contributed by atoms with E-state index in [0.717, 1.165) is 5.69 Å². The third kappa shape index (κ3) is 4.15. The largest absolute Gasteiger partial charge is 0.309 e. The van der Waals surface area contributed by atoms with Crippen molar-refractivity contribution >= 4 is 76.7 Å². The van der Waals surface area contributed by atoms with Crippen LogP contribution in [0, 0.1) is 0 Å². The monoisotopic (exact) mass is 715 g/mol. The Morgan fingerprint density at radius 1 is 0.291 bits per heavy atom. The fourth-order valence-corrected chi connectivity index (χ4v) is 11.4. The summed E-state index contributed by atoms with van der Waals surface area (Å²) in [6, 6.07) is 74.6. The Morgan fingerprint density at radius 3 is 1.11 bits per heavy atom. The average Bonchev–Trinajstić information content (AvgIpc) is 3.60. The van der Waals surface area contributed by atoms with Crippen LogP contribution in [0.15, 0.2) is 210 Å². The first-order chi connectivity index (χ1) is 27.3. The lowest BCUT2D eigenvalue weighted by atomic mass is 9.62. The van der Waals surface area contributed by atoms with Gasteiger partial charge in [-0.3, -0.25) is 0 Å².